The fraction of sp³-hybridized carbons (Fsp3) is 0.481. The van der Waals surface area contributed by atoms with Crippen LogP contribution in [0.4, 0.5) is 18.9 Å². The number of fused-ring (bicyclic) bond motifs is 1. The second-order valence-corrected chi connectivity index (χ2v) is 10.7. The van der Waals surface area contributed by atoms with E-state index in [1.165, 1.54) is 23.0 Å². The Labute approximate surface area is 223 Å². The third kappa shape index (κ3) is 6.16. The smallest absolute Gasteiger partial charge is 0.435 e. The van der Waals surface area contributed by atoms with Gasteiger partial charge in [-0.1, -0.05) is 20.4 Å². The number of esters is 1. The summed E-state index contributed by atoms with van der Waals surface area (Å²) >= 11 is 0. The molecule has 0 spiro atoms. The van der Waals surface area contributed by atoms with E-state index in [1.807, 2.05) is 13.8 Å². The first-order valence-corrected chi connectivity index (χ1v) is 12.8. The summed E-state index contributed by atoms with van der Waals surface area (Å²) in [5.41, 5.74) is 4.33. The Hall–Kier alpha value is -3.67. The molecule has 1 aromatic heterocycles. The van der Waals surface area contributed by atoms with Gasteiger partial charge in [-0.15, -0.1) is 0 Å². The van der Waals surface area contributed by atoms with Crippen molar-refractivity contribution in [2.24, 2.45) is 11.1 Å². The molecule has 210 valence electrons. The van der Waals surface area contributed by atoms with Crippen molar-refractivity contribution in [1.82, 2.24) is 15.1 Å². The van der Waals surface area contributed by atoms with Crippen LogP contribution in [0.15, 0.2) is 31.0 Å². The van der Waals surface area contributed by atoms with Gasteiger partial charge in [0, 0.05) is 18.2 Å². The van der Waals surface area contributed by atoms with Crippen molar-refractivity contribution < 1.29 is 32.3 Å². The maximum Gasteiger partial charge on any atom is 0.435 e. The van der Waals surface area contributed by atoms with E-state index >= 15 is 0 Å². The zero-order valence-corrected chi connectivity index (χ0v) is 21.9. The molecular formula is C27H32F3N5O4. The molecule has 1 saturated carbocycles. The van der Waals surface area contributed by atoms with Gasteiger partial charge < -0.3 is 21.1 Å². The Balaban J connectivity index is 1.71. The standard InChI is InChI=1S/C27H32F3N5O4/c1-4-32-25(38)18-10-7-16(11-19(18)33-15-5-8-17(9-6-15)39-22(37)14-31)35-20-12-26(2,3)13-21(36)23(20)24(34-35)27(28,29)30/h4,7,10-11,15,17,33H,1,5-6,8-9,12-14,31H2,2-3H3,(H,32,38)/t15-,17-. The first-order chi connectivity index (χ1) is 18.3. The van der Waals surface area contributed by atoms with E-state index in [9.17, 15) is 27.6 Å². The van der Waals surface area contributed by atoms with E-state index in [2.05, 4.69) is 22.3 Å². The molecule has 1 amide bonds. The number of carbonyl (C=O) groups is 3. The summed E-state index contributed by atoms with van der Waals surface area (Å²) < 4.78 is 48.2. The molecule has 2 aliphatic rings. The molecule has 0 atom stereocenters. The number of alkyl halides is 3. The van der Waals surface area contributed by atoms with Crippen molar-refractivity contribution in [3.05, 3.63) is 53.5 Å². The predicted molar refractivity (Wildman–Crippen MR) is 137 cm³/mol. The second kappa shape index (κ2) is 10.8. The van der Waals surface area contributed by atoms with Gasteiger partial charge in [0.05, 0.1) is 29.1 Å². The van der Waals surface area contributed by atoms with E-state index in [-0.39, 0.29) is 48.5 Å². The largest absolute Gasteiger partial charge is 0.461 e. The van der Waals surface area contributed by atoms with Gasteiger partial charge in [0.1, 0.15) is 6.10 Å². The highest BCUT2D eigenvalue weighted by molar-refractivity contribution is 6.01. The minimum atomic E-state index is -4.80. The zero-order chi connectivity index (χ0) is 28.5. The topological polar surface area (TPSA) is 128 Å². The maximum atomic E-state index is 13.9. The Bertz CT molecular complexity index is 1290. The van der Waals surface area contributed by atoms with Crippen LogP contribution in [0.2, 0.25) is 0 Å². The van der Waals surface area contributed by atoms with Crippen LogP contribution < -0.4 is 16.4 Å². The molecule has 0 aliphatic heterocycles. The summed E-state index contributed by atoms with van der Waals surface area (Å²) in [6, 6.07) is 4.49. The molecule has 9 nitrogen and oxygen atoms in total. The fourth-order valence-electron chi connectivity index (χ4n) is 5.29. The van der Waals surface area contributed by atoms with Crippen molar-refractivity contribution in [2.45, 2.75) is 70.7 Å². The summed E-state index contributed by atoms with van der Waals surface area (Å²) in [6.07, 6.45) is -1.14. The van der Waals surface area contributed by atoms with Gasteiger partial charge in [0.15, 0.2) is 11.5 Å². The highest BCUT2D eigenvalue weighted by atomic mass is 19.4. The fourth-order valence-corrected chi connectivity index (χ4v) is 5.29. The van der Waals surface area contributed by atoms with E-state index in [1.54, 1.807) is 6.07 Å². The number of halogens is 3. The van der Waals surface area contributed by atoms with E-state index in [0.29, 0.717) is 31.4 Å². The number of amides is 1. The number of Topliss-reactive ketones (excluding diaryl/α,β-unsaturated/α-hetero) is 1. The van der Waals surface area contributed by atoms with Crippen LogP contribution >= 0.6 is 0 Å². The molecule has 0 unspecified atom stereocenters. The van der Waals surface area contributed by atoms with Crippen LogP contribution in [0, 0.1) is 5.41 Å². The van der Waals surface area contributed by atoms with Gasteiger partial charge in [0.25, 0.3) is 5.91 Å². The number of nitrogens with zero attached hydrogens (tertiary/aromatic N) is 2. The molecule has 2 aliphatic carbocycles. The van der Waals surface area contributed by atoms with Crippen LogP contribution in [-0.4, -0.2) is 46.1 Å². The Morgan fingerprint density at radius 2 is 1.92 bits per heavy atom. The average Bonchev–Trinajstić information content (AvgIpc) is 3.24. The Kier molecular flexibility index (Phi) is 7.87. The first kappa shape index (κ1) is 28.3. The van der Waals surface area contributed by atoms with Gasteiger partial charge in [-0.2, -0.15) is 18.3 Å². The van der Waals surface area contributed by atoms with Crippen molar-refractivity contribution in [3.63, 3.8) is 0 Å². The molecule has 4 N–H and O–H groups in total. The normalized spacial score (nSPS) is 20.6. The summed E-state index contributed by atoms with van der Waals surface area (Å²) in [7, 11) is 0. The molecule has 0 bridgehead atoms. The second-order valence-electron chi connectivity index (χ2n) is 10.7. The molecule has 1 heterocycles. The number of anilines is 1. The third-order valence-corrected chi connectivity index (χ3v) is 7.04. The van der Waals surface area contributed by atoms with Gasteiger partial charge in [0.2, 0.25) is 0 Å². The molecule has 1 fully saturated rings. The van der Waals surface area contributed by atoms with Crippen LogP contribution in [-0.2, 0) is 22.1 Å². The zero-order valence-electron chi connectivity index (χ0n) is 21.9. The number of nitrogens with one attached hydrogen (secondary N) is 2. The van der Waals surface area contributed by atoms with Gasteiger partial charge in [-0.25, -0.2) is 4.68 Å². The van der Waals surface area contributed by atoms with E-state index < -0.39 is 40.5 Å². The quantitative estimate of drug-likeness (QED) is 0.445. The lowest BCUT2D eigenvalue weighted by Crippen LogP contribution is -2.33. The molecule has 12 heteroatoms. The maximum absolute atomic E-state index is 13.9. The van der Waals surface area contributed by atoms with Crippen LogP contribution in [0.5, 0.6) is 0 Å². The molecule has 2 aromatic rings. The highest BCUT2D eigenvalue weighted by Crippen LogP contribution is 2.42. The van der Waals surface area contributed by atoms with Crippen molar-refractivity contribution >= 4 is 23.3 Å². The van der Waals surface area contributed by atoms with Crippen molar-refractivity contribution in [2.75, 3.05) is 11.9 Å². The third-order valence-electron chi connectivity index (χ3n) is 7.04. The monoisotopic (exact) mass is 547 g/mol. The number of hydrogen-bond donors (Lipinski definition) is 3. The summed E-state index contributed by atoms with van der Waals surface area (Å²) in [5.74, 6) is -1.50. The molecule has 39 heavy (non-hydrogen) atoms. The van der Waals surface area contributed by atoms with Crippen LogP contribution in [0.3, 0.4) is 0 Å². The minimum Gasteiger partial charge on any atom is -0.461 e. The number of rotatable bonds is 7. The van der Waals surface area contributed by atoms with Crippen molar-refractivity contribution in [1.29, 1.82) is 0 Å². The average molecular weight is 548 g/mol. The number of ether oxygens (including phenoxy) is 1. The molecule has 1 aromatic carbocycles. The summed E-state index contributed by atoms with van der Waals surface area (Å²) in [6.45, 7) is 6.98. The van der Waals surface area contributed by atoms with E-state index in [4.69, 9.17) is 10.5 Å². The first-order valence-electron chi connectivity index (χ1n) is 12.8. The number of nitrogens with two attached hydrogens (primary N) is 1. The minimum absolute atomic E-state index is 0.00843. The van der Waals surface area contributed by atoms with Crippen LogP contribution in [0.1, 0.15) is 78.1 Å². The van der Waals surface area contributed by atoms with Gasteiger partial charge in [-0.3, -0.25) is 14.4 Å². The lowest BCUT2D eigenvalue weighted by Gasteiger charge is -2.30. The van der Waals surface area contributed by atoms with Crippen molar-refractivity contribution in [3.8, 4) is 5.69 Å². The Morgan fingerprint density at radius 3 is 2.54 bits per heavy atom. The Morgan fingerprint density at radius 1 is 1.23 bits per heavy atom. The molecule has 4 rings (SSSR count). The molecular weight excluding hydrogens is 515 g/mol. The van der Waals surface area contributed by atoms with Gasteiger partial charge >= 0.3 is 12.1 Å². The van der Waals surface area contributed by atoms with E-state index in [0.717, 1.165) is 0 Å². The summed E-state index contributed by atoms with van der Waals surface area (Å²) in [4.78, 5) is 37.1. The molecule has 0 radical (unpaired) electrons. The van der Waals surface area contributed by atoms with Crippen LogP contribution in [0.25, 0.3) is 5.69 Å². The lowest BCUT2D eigenvalue weighted by atomic mass is 9.75. The number of ketones is 1. The highest BCUT2D eigenvalue weighted by Gasteiger charge is 2.45. The van der Waals surface area contributed by atoms with Gasteiger partial charge in [-0.05, 0) is 61.9 Å². The lowest BCUT2D eigenvalue weighted by molar-refractivity contribution is -0.148. The SMILES string of the molecule is C=CNC(=O)c1ccc(-n2nc(C(F)(F)F)c3c2CC(C)(C)CC3=O)cc1N[C@H]1CC[C@H](OC(=O)CN)CC1. The predicted octanol–water partition coefficient (Wildman–Crippen LogP) is 4.14. The summed E-state index contributed by atoms with van der Waals surface area (Å²) in [5, 5.41) is 9.72. The number of carbonyl (C=O) groups excluding carboxylic acids is 3. The number of benzene rings is 1. The number of hydrogen-bond acceptors (Lipinski definition) is 7. The number of aromatic nitrogens is 2. The molecule has 0 saturated heterocycles.